The number of carbonyl (C=O) groups excluding carboxylic acids is 1. The van der Waals surface area contributed by atoms with Crippen LogP contribution in [0, 0.1) is 0 Å². The number of pyridine rings is 1. The summed E-state index contributed by atoms with van der Waals surface area (Å²) in [5, 5.41) is 10.0. The van der Waals surface area contributed by atoms with E-state index in [0.29, 0.717) is 36.1 Å². The largest absolute Gasteiger partial charge is 0.453 e. The molecule has 4 aromatic rings. The van der Waals surface area contributed by atoms with Gasteiger partial charge in [-0.05, 0) is 38.3 Å². The van der Waals surface area contributed by atoms with E-state index in [4.69, 9.17) is 1.37 Å². The molecule has 2 N–H and O–H groups in total. The Labute approximate surface area is 209 Å². The fourth-order valence-electron chi connectivity index (χ4n) is 4.70. The number of imidazole rings is 2. The predicted octanol–water partition coefficient (Wildman–Crippen LogP) is 3.64. The minimum atomic E-state index is -4.45. The summed E-state index contributed by atoms with van der Waals surface area (Å²) in [7, 11) is 0.985. The van der Waals surface area contributed by atoms with Gasteiger partial charge in [-0.25, -0.2) is 24.1 Å². The van der Waals surface area contributed by atoms with E-state index in [-0.39, 0.29) is 42.0 Å². The summed E-state index contributed by atoms with van der Waals surface area (Å²) in [6, 6.07) is 4.37. The van der Waals surface area contributed by atoms with E-state index in [1.54, 1.807) is 22.8 Å². The molecule has 0 aliphatic heterocycles. The number of halogens is 3. The number of aromatic nitrogens is 6. The maximum Gasteiger partial charge on any atom is 0.407 e. The van der Waals surface area contributed by atoms with Crippen LogP contribution in [0.15, 0.2) is 35.4 Å². The summed E-state index contributed by atoms with van der Waals surface area (Å²) in [4.78, 5) is 33.2. The van der Waals surface area contributed by atoms with Crippen molar-refractivity contribution in [2.75, 3.05) is 12.4 Å². The fraction of sp³-hybridized carbons (Fsp3) is 0.435. The van der Waals surface area contributed by atoms with Crippen LogP contribution in [0.1, 0.15) is 45.2 Å². The molecule has 5 rings (SSSR count). The summed E-state index contributed by atoms with van der Waals surface area (Å²) in [5.41, 5.74) is 0.819. The Hall–Kier alpha value is -4.10. The second-order valence-electron chi connectivity index (χ2n) is 9.00. The van der Waals surface area contributed by atoms with Gasteiger partial charge in [0.15, 0.2) is 11.5 Å². The molecule has 1 aliphatic carbocycles. The second kappa shape index (κ2) is 9.09. The maximum atomic E-state index is 13.3. The zero-order valence-electron chi connectivity index (χ0n) is 21.0. The van der Waals surface area contributed by atoms with Gasteiger partial charge in [0.2, 0.25) is 0 Å². The Balaban J connectivity index is 1.48. The zero-order valence-corrected chi connectivity index (χ0v) is 20.0. The number of amides is 1. The quantitative estimate of drug-likeness (QED) is 0.413. The van der Waals surface area contributed by atoms with E-state index in [1.165, 1.54) is 17.9 Å². The summed E-state index contributed by atoms with van der Waals surface area (Å²) in [6.07, 6.45) is -0.567. The van der Waals surface area contributed by atoms with Crippen LogP contribution in [0.5, 0.6) is 0 Å². The van der Waals surface area contributed by atoms with Crippen molar-refractivity contribution in [3.8, 4) is 0 Å². The Bertz CT molecular complexity index is 1560. The van der Waals surface area contributed by atoms with Crippen molar-refractivity contribution in [2.45, 2.75) is 50.4 Å². The maximum absolute atomic E-state index is 13.3. The number of methoxy groups -OCH3 is 1. The first kappa shape index (κ1) is 23.3. The topological polar surface area (TPSA) is 120 Å². The van der Waals surface area contributed by atoms with Crippen molar-refractivity contribution in [2.24, 2.45) is 7.02 Å². The van der Waals surface area contributed by atoms with Gasteiger partial charge in [-0.3, -0.25) is 9.13 Å². The molecule has 196 valence electrons. The normalized spacial score (nSPS) is 19.2. The lowest BCUT2D eigenvalue weighted by atomic mass is 10.1. The lowest BCUT2D eigenvalue weighted by Crippen LogP contribution is -2.33. The Morgan fingerprint density at radius 1 is 1.22 bits per heavy atom. The number of nitrogens with zero attached hydrogens (tertiary/aromatic N) is 6. The predicted molar refractivity (Wildman–Crippen MR) is 128 cm³/mol. The van der Waals surface area contributed by atoms with Crippen LogP contribution in [0.3, 0.4) is 0 Å². The van der Waals surface area contributed by atoms with Gasteiger partial charge in [-0.2, -0.15) is 13.2 Å². The van der Waals surface area contributed by atoms with Crippen LogP contribution in [-0.2, 0) is 11.8 Å². The highest BCUT2D eigenvalue weighted by Crippen LogP contribution is 2.35. The van der Waals surface area contributed by atoms with Gasteiger partial charge in [0.05, 0.1) is 42.1 Å². The van der Waals surface area contributed by atoms with Crippen LogP contribution in [0.25, 0.3) is 16.7 Å². The van der Waals surface area contributed by atoms with Crippen LogP contribution in [0.2, 0.25) is 0 Å². The van der Waals surface area contributed by atoms with Crippen LogP contribution >= 0.6 is 0 Å². The number of alkyl halides is 3. The molecule has 14 heteroatoms. The van der Waals surface area contributed by atoms with Crippen molar-refractivity contribution in [1.82, 2.24) is 34.0 Å². The molecule has 1 unspecified atom stereocenters. The number of hydrogen-bond donors (Lipinski definition) is 2. The van der Waals surface area contributed by atoms with Crippen molar-refractivity contribution >= 4 is 34.4 Å². The number of aryl methyl sites for hydroxylation is 1. The number of alkyl carbamates (subject to hydrolysis) is 1. The highest BCUT2D eigenvalue weighted by atomic mass is 19.4. The third-order valence-electron chi connectivity index (χ3n) is 6.71. The summed E-state index contributed by atoms with van der Waals surface area (Å²) < 4.78 is 56.5. The summed E-state index contributed by atoms with van der Waals surface area (Å²) in [6.45, 7) is 1.05. The molecule has 1 aliphatic rings. The molecule has 4 heterocycles. The van der Waals surface area contributed by atoms with Crippen LogP contribution < -0.4 is 16.3 Å². The second-order valence-corrected chi connectivity index (χ2v) is 9.00. The number of rotatable bonds is 5. The molecule has 0 spiro atoms. The molecule has 11 nitrogen and oxygen atoms in total. The van der Waals surface area contributed by atoms with E-state index >= 15 is 0 Å². The third-order valence-corrected chi connectivity index (χ3v) is 6.71. The lowest BCUT2D eigenvalue weighted by Gasteiger charge is -2.15. The molecular formula is C23H25F3N8O3. The highest BCUT2D eigenvalue weighted by Gasteiger charge is 2.39. The van der Waals surface area contributed by atoms with Gasteiger partial charge in [-0.15, -0.1) is 5.10 Å². The van der Waals surface area contributed by atoms with Gasteiger partial charge >= 0.3 is 18.0 Å². The van der Waals surface area contributed by atoms with Gasteiger partial charge in [0, 0.05) is 26.5 Å². The monoisotopic (exact) mass is 519 g/mol. The molecule has 1 saturated carbocycles. The molecule has 0 aromatic carbocycles. The number of ether oxygens (including phenoxy) is 1. The SMILES string of the molecule is [2H]Cn1c(=O)n([C@@H]2CC[C@@H](NC(=O)OC)C2)c2cc(Nc3ccc4ncc(C(C)C(F)(F)F)n4n3)ncc21. The molecule has 0 radical (unpaired) electrons. The van der Waals surface area contributed by atoms with Crippen molar-refractivity contribution in [3.05, 3.63) is 46.8 Å². The number of fused-ring (bicyclic) bond motifs is 2. The van der Waals surface area contributed by atoms with Crippen LogP contribution in [-0.4, -0.2) is 54.1 Å². The van der Waals surface area contributed by atoms with Gasteiger partial charge < -0.3 is 15.4 Å². The van der Waals surface area contributed by atoms with Crippen molar-refractivity contribution in [3.63, 3.8) is 0 Å². The van der Waals surface area contributed by atoms with Gasteiger partial charge in [0.25, 0.3) is 0 Å². The van der Waals surface area contributed by atoms with E-state index < -0.39 is 18.2 Å². The molecule has 37 heavy (non-hydrogen) atoms. The number of hydrogen-bond acceptors (Lipinski definition) is 7. The Morgan fingerprint density at radius 2 is 2.03 bits per heavy atom. The lowest BCUT2D eigenvalue weighted by molar-refractivity contribution is -0.147. The van der Waals surface area contributed by atoms with E-state index in [9.17, 15) is 22.8 Å². The standard InChI is InChI=1S/C23H25F3N8O3/c1-12(23(24,25)26)16-10-28-20-7-6-18(31-34(16)20)30-19-9-15-17(11-27-19)32(2)22(36)33(15)14-5-4-13(8-14)29-21(35)37-3/h6-7,9-14H,4-5,8H2,1-3H3,(H,29,35)(H,27,30,31)/t12?,13-,14-/m1/s1/i2D. The average molecular weight is 520 g/mol. The number of anilines is 2. The average Bonchev–Trinajstić information content (AvgIpc) is 3.57. The van der Waals surface area contributed by atoms with Crippen molar-refractivity contribution < 1.29 is 24.1 Å². The fourth-order valence-corrected chi connectivity index (χ4v) is 4.70. The minimum Gasteiger partial charge on any atom is -0.453 e. The number of nitrogens with one attached hydrogen (secondary N) is 2. The van der Waals surface area contributed by atoms with Gasteiger partial charge in [-0.1, -0.05) is 0 Å². The number of carbonyl (C=O) groups is 1. The molecular weight excluding hydrogens is 493 g/mol. The Kier molecular flexibility index (Phi) is 5.72. The molecule has 1 fully saturated rings. The smallest absolute Gasteiger partial charge is 0.407 e. The minimum absolute atomic E-state index is 0.0997. The van der Waals surface area contributed by atoms with E-state index in [2.05, 4.69) is 30.4 Å². The van der Waals surface area contributed by atoms with Gasteiger partial charge in [0.1, 0.15) is 5.82 Å². The molecule has 1 amide bonds. The first-order chi connectivity index (χ1) is 18.1. The van der Waals surface area contributed by atoms with Crippen LogP contribution in [0.4, 0.5) is 29.6 Å². The molecule has 4 aromatic heterocycles. The Morgan fingerprint density at radius 3 is 2.76 bits per heavy atom. The van der Waals surface area contributed by atoms with E-state index in [0.717, 1.165) is 17.6 Å². The summed E-state index contributed by atoms with van der Waals surface area (Å²) in [5.74, 6) is -1.22. The van der Waals surface area contributed by atoms with E-state index in [1.807, 2.05) is 0 Å². The molecule has 3 atom stereocenters. The molecule has 0 bridgehead atoms. The molecule has 0 saturated heterocycles. The zero-order chi connectivity index (χ0) is 27.2. The first-order valence-electron chi connectivity index (χ1n) is 12.2. The third kappa shape index (κ3) is 4.47. The highest BCUT2D eigenvalue weighted by molar-refractivity contribution is 5.79. The first-order valence-corrected chi connectivity index (χ1v) is 11.5. The summed E-state index contributed by atoms with van der Waals surface area (Å²) >= 11 is 0. The van der Waals surface area contributed by atoms with Crippen molar-refractivity contribution in [1.29, 1.82) is 0 Å².